The fraction of sp³-hybridized carbons (Fsp3) is 0.716. The second-order valence-corrected chi connectivity index (χ2v) is 22.3. The van der Waals surface area contributed by atoms with Crippen LogP contribution < -0.4 is 0 Å². The summed E-state index contributed by atoms with van der Waals surface area (Å²) < 4.78 is 16.9. The van der Waals surface area contributed by atoms with Crippen molar-refractivity contribution in [1.82, 2.24) is 0 Å². The third-order valence-electron chi connectivity index (χ3n) is 14.5. The number of carbonyl (C=O) groups excluding carboxylic acids is 3. The molecule has 6 nitrogen and oxygen atoms in total. The lowest BCUT2D eigenvalue weighted by molar-refractivity contribution is -0.167. The molecule has 0 aromatic carbocycles. The molecule has 6 heteroatoms. The summed E-state index contributed by atoms with van der Waals surface area (Å²) in [4.78, 5) is 38.4. The molecule has 0 radical (unpaired) electrons. The number of esters is 3. The summed E-state index contributed by atoms with van der Waals surface area (Å²) in [5.74, 6) is -0.890. The highest BCUT2D eigenvalue weighted by Crippen LogP contribution is 2.17. The van der Waals surface area contributed by atoms with Crippen molar-refractivity contribution in [3.63, 3.8) is 0 Å². The van der Waals surface area contributed by atoms with Crippen molar-refractivity contribution < 1.29 is 28.6 Å². The van der Waals surface area contributed by atoms with Crippen molar-refractivity contribution in [1.29, 1.82) is 0 Å². The molecular weight excluding hydrogens is 985 g/mol. The Hall–Kier alpha value is -3.93. The van der Waals surface area contributed by atoms with Gasteiger partial charge in [0.25, 0.3) is 0 Å². The summed E-state index contributed by atoms with van der Waals surface area (Å²) in [6.07, 6.45) is 92.5. The van der Waals surface area contributed by atoms with E-state index in [9.17, 15) is 14.4 Å². The molecule has 0 spiro atoms. The smallest absolute Gasteiger partial charge is 0.306 e. The maximum Gasteiger partial charge on any atom is 0.306 e. The topological polar surface area (TPSA) is 78.9 Å². The van der Waals surface area contributed by atoms with Crippen LogP contribution in [0.3, 0.4) is 0 Å². The maximum atomic E-state index is 12.9. The number of hydrogen-bond acceptors (Lipinski definition) is 6. The summed E-state index contributed by atoms with van der Waals surface area (Å²) in [6, 6.07) is 0. The summed E-state index contributed by atoms with van der Waals surface area (Å²) >= 11 is 0. The van der Waals surface area contributed by atoms with E-state index in [0.29, 0.717) is 19.3 Å². The average molecular weight is 1110 g/mol. The molecule has 0 saturated heterocycles. The zero-order chi connectivity index (χ0) is 57.8. The summed E-state index contributed by atoms with van der Waals surface area (Å²) in [7, 11) is 0. The van der Waals surface area contributed by atoms with Crippen LogP contribution >= 0.6 is 0 Å². The monoisotopic (exact) mass is 1110 g/mol. The molecule has 1 atom stereocenters. The first-order valence-corrected chi connectivity index (χ1v) is 33.9. The van der Waals surface area contributed by atoms with Gasteiger partial charge in [-0.25, -0.2) is 0 Å². The van der Waals surface area contributed by atoms with E-state index in [4.69, 9.17) is 14.2 Å². The standard InChI is InChI=1S/C74H126O6/c1-4-7-10-13-16-19-22-25-27-29-31-33-34-35-36-37-38-39-40-42-43-45-47-49-52-55-58-61-64-67-73(76)79-70-71(69-78-72(75)66-63-60-57-54-51-24-21-18-15-12-9-6-3)80-74(77)68-65-62-59-56-53-50-48-46-44-41-32-30-28-26-23-20-17-14-11-8-5-2/h7-8,10-11,16-17,19-20,25-28,31-33,41,46,48,71H,4-6,9,12-15,18,21-24,29-30,34-40,42-45,47,49-70H2,1-3H3/b10-7-,11-8-,19-16-,20-17-,27-25-,28-26-,33-31-,41-32-,48-46-. The molecule has 0 N–H and O–H groups in total. The Morgan fingerprint density at radius 1 is 0.263 bits per heavy atom. The summed E-state index contributed by atoms with van der Waals surface area (Å²) in [5, 5.41) is 0. The molecule has 0 aliphatic heterocycles. The highest BCUT2D eigenvalue weighted by atomic mass is 16.6. The quantitative estimate of drug-likeness (QED) is 0.0261. The van der Waals surface area contributed by atoms with Crippen molar-refractivity contribution in [2.45, 2.75) is 329 Å². The number of carbonyl (C=O) groups is 3. The molecule has 0 saturated carbocycles. The molecule has 0 bridgehead atoms. The van der Waals surface area contributed by atoms with Crippen LogP contribution in [-0.2, 0) is 28.6 Å². The van der Waals surface area contributed by atoms with E-state index in [1.807, 2.05) is 0 Å². The predicted octanol–water partition coefficient (Wildman–Crippen LogP) is 23.4. The van der Waals surface area contributed by atoms with E-state index in [1.54, 1.807) is 0 Å². The molecule has 0 aliphatic carbocycles. The Balaban J connectivity index is 4.26. The lowest BCUT2D eigenvalue weighted by Crippen LogP contribution is -2.30. The first-order chi connectivity index (χ1) is 39.5. The molecule has 0 aliphatic rings. The summed E-state index contributed by atoms with van der Waals surface area (Å²) in [6.45, 7) is 6.43. The van der Waals surface area contributed by atoms with Crippen LogP contribution in [0.5, 0.6) is 0 Å². The molecule has 0 fully saturated rings. The minimum absolute atomic E-state index is 0.0828. The minimum Gasteiger partial charge on any atom is -0.462 e. The van der Waals surface area contributed by atoms with Gasteiger partial charge >= 0.3 is 17.9 Å². The zero-order valence-electron chi connectivity index (χ0n) is 52.6. The van der Waals surface area contributed by atoms with Crippen LogP contribution in [0, 0.1) is 0 Å². The van der Waals surface area contributed by atoms with E-state index in [1.165, 1.54) is 148 Å². The maximum absolute atomic E-state index is 12.9. The van der Waals surface area contributed by atoms with Crippen LogP contribution in [0.15, 0.2) is 109 Å². The van der Waals surface area contributed by atoms with E-state index < -0.39 is 6.10 Å². The average Bonchev–Trinajstić information content (AvgIpc) is 3.46. The van der Waals surface area contributed by atoms with Gasteiger partial charge in [-0.2, -0.15) is 0 Å². The Kier molecular flexibility index (Phi) is 64.3. The van der Waals surface area contributed by atoms with E-state index in [0.717, 1.165) is 135 Å². The Labute approximate surface area is 495 Å². The Morgan fingerprint density at radius 2 is 0.487 bits per heavy atom. The second-order valence-electron chi connectivity index (χ2n) is 22.3. The van der Waals surface area contributed by atoms with Crippen molar-refractivity contribution in [2.75, 3.05) is 13.2 Å². The Bertz CT molecular complexity index is 1610. The van der Waals surface area contributed by atoms with Gasteiger partial charge in [-0.05, 0) is 103 Å². The fourth-order valence-corrected chi connectivity index (χ4v) is 9.52. The number of rotatable bonds is 61. The normalized spacial score (nSPS) is 12.8. The van der Waals surface area contributed by atoms with E-state index >= 15 is 0 Å². The van der Waals surface area contributed by atoms with Gasteiger partial charge in [-0.1, -0.05) is 310 Å². The lowest BCUT2D eigenvalue weighted by Gasteiger charge is -2.18. The molecule has 0 amide bonds. The van der Waals surface area contributed by atoms with Crippen LogP contribution in [0.4, 0.5) is 0 Å². The van der Waals surface area contributed by atoms with Crippen LogP contribution in [0.2, 0.25) is 0 Å². The number of hydrogen-bond donors (Lipinski definition) is 0. The molecule has 0 aromatic heterocycles. The van der Waals surface area contributed by atoms with Gasteiger partial charge in [0.1, 0.15) is 13.2 Å². The minimum atomic E-state index is -0.788. The van der Waals surface area contributed by atoms with Crippen LogP contribution in [0.1, 0.15) is 323 Å². The number of ether oxygens (including phenoxy) is 3. The highest BCUT2D eigenvalue weighted by Gasteiger charge is 2.19. The van der Waals surface area contributed by atoms with Gasteiger partial charge in [0, 0.05) is 19.3 Å². The van der Waals surface area contributed by atoms with Gasteiger partial charge in [0.15, 0.2) is 6.10 Å². The number of unbranched alkanes of at least 4 members (excludes halogenated alkanes) is 32. The molecular formula is C74H126O6. The molecule has 0 heterocycles. The molecule has 80 heavy (non-hydrogen) atoms. The van der Waals surface area contributed by atoms with E-state index in [2.05, 4.69) is 130 Å². The zero-order valence-corrected chi connectivity index (χ0v) is 52.6. The SMILES string of the molecule is CC/C=C\C/C=C\C/C=C\C/C=C\C/C=C\CCCCCCCC(=O)OC(COC(=O)CCCCCCCCCCCCCC)COC(=O)CCCCCCCCCCCCCCCCCC/C=C\C/C=C\C/C=C\C/C=C\CC. The molecule has 0 aromatic rings. The molecule has 458 valence electrons. The Morgan fingerprint density at radius 3 is 0.762 bits per heavy atom. The highest BCUT2D eigenvalue weighted by molar-refractivity contribution is 5.71. The third-order valence-corrected chi connectivity index (χ3v) is 14.5. The van der Waals surface area contributed by atoms with Gasteiger partial charge in [0.05, 0.1) is 0 Å². The largest absolute Gasteiger partial charge is 0.462 e. The lowest BCUT2D eigenvalue weighted by atomic mass is 10.0. The van der Waals surface area contributed by atoms with Gasteiger partial charge in [-0.15, -0.1) is 0 Å². The molecule has 1 unspecified atom stereocenters. The first-order valence-electron chi connectivity index (χ1n) is 33.9. The third kappa shape index (κ3) is 64.9. The second kappa shape index (κ2) is 67.6. The van der Waals surface area contributed by atoms with Gasteiger partial charge in [0.2, 0.25) is 0 Å². The van der Waals surface area contributed by atoms with Crippen molar-refractivity contribution in [3.8, 4) is 0 Å². The summed E-state index contributed by atoms with van der Waals surface area (Å²) in [5.41, 5.74) is 0. The van der Waals surface area contributed by atoms with Crippen LogP contribution in [-0.4, -0.2) is 37.2 Å². The van der Waals surface area contributed by atoms with E-state index in [-0.39, 0.29) is 31.1 Å². The number of allylic oxidation sites excluding steroid dienone is 18. The van der Waals surface area contributed by atoms with Crippen LogP contribution in [0.25, 0.3) is 0 Å². The predicted molar refractivity (Wildman–Crippen MR) is 348 cm³/mol. The van der Waals surface area contributed by atoms with Crippen molar-refractivity contribution >= 4 is 17.9 Å². The van der Waals surface area contributed by atoms with Gasteiger partial charge in [-0.3, -0.25) is 14.4 Å². The van der Waals surface area contributed by atoms with Gasteiger partial charge < -0.3 is 14.2 Å². The molecule has 0 rings (SSSR count). The van der Waals surface area contributed by atoms with Crippen molar-refractivity contribution in [2.24, 2.45) is 0 Å². The van der Waals surface area contributed by atoms with Crippen molar-refractivity contribution in [3.05, 3.63) is 109 Å². The fourth-order valence-electron chi connectivity index (χ4n) is 9.52. The first kappa shape index (κ1) is 76.1.